The van der Waals surface area contributed by atoms with Crippen LogP contribution in [0.1, 0.15) is 17.1 Å². The normalized spacial score (nSPS) is 10.4. The molecule has 5 nitrogen and oxygen atoms in total. The first kappa shape index (κ1) is 10.6. The van der Waals surface area contributed by atoms with Crippen LogP contribution in [0.5, 0.6) is 0 Å². The van der Waals surface area contributed by atoms with Crippen LogP contribution in [0.25, 0.3) is 0 Å². The third-order valence-electron chi connectivity index (χ3n) is 2.55. The summed E-state index contributed by atoms with van der Waals surface area (Å²) in [5.41, 5.74) is 2.09. The summed E-state index contributed by atoms with van der Waals surface area (Å²) in [4.78, 5) is 12.9. The van der Waals surface area contributed by atoms with Gasteiger partial charge < -0.3 is 9.88 Å². The van der Waals surface area contributed by atoms with Crippen LogP contribution >= 0.6 is 0 Å². The highest BCUT2D eigenvalue weighted by molar-refractivity contribution is 5.29. The lowest BCUT2D eigenvalue weighted by Crippen LogP contribution is -2.05. The molecule has 2 heterocycles. The summed E-state index contributed by atoms with van der Waals surface area (Å²) >= 11 is 0. The van der Waals surface area contributed by atoms with Crippen molar-refractivity contribution in [3.8, 4) is 0 Å². The van der Waals surface area contributed by atoms with Gasteiger partial charge in [0.25, 0.3) is 0 Å². The minimum absolute atomic E-state index is 0.648. The van der Waals surface area contributed by atoms with Gasteiger partial charge in [-0.1, -0.05) is 0 Å². The van der Waals surface area contributed by atoms with Gasteiger partial charge >= 0.3 is 0 Å². The molecule has 0 atom stereocenters. The van der Waals surface area contributed by atoms with Crippen LogP contribution < -0.4 is 5.32 Å². The predicted molar refractivity (Wildman–Crippen MR) is 62.3 cm³/mol. The van der Waals surface area contributed by atoms with Crippen molar-refractivity contribution in [2.24, 2.45) is 7.05 Å². The number of rotatable bonds is 3. The number of nitrogens with zero attached hydrogens (tertiary/aromatic N) is 4. The smallest absolute Gasteiger partial charge is 0.222 e. The SMILES string of the molecule is CNc1ncc(C)c(Cc2nccn2C)n1. The summed E-state index contributed by atoms with van der Waals surface area (Å²) in [5.74, 6) is 1.65. The molecule has 0 fully saturated rings. The van der Waals surface area contributed by atoms with Gasteiger partial charge in [-0.2, -0.15) is 0 Å². The van der Waals surface area contributed by atoms with Crippen LogP contribution in [0.4, 0.5) is 5.95 Å². The second-order valence-electron chi connectivity index (χ2n) is 3.70. The Morgan fingerprint density at radius 3 is 2.81 bits per heavy atom. The van der Waals surface area contributed by atoms with E-state index in [0.717, 1.165) is 23.5 Å². The van der Waals surface area contributed by atoms with Crippen molar-refractivity contribution in [2.45, 2.75) is 13.3 Å². The zero-order valence-electron chi connectivity index (χ0n) is 9.73. The largest absolute Gasteiger partial charge is 0.357 e. The van der Waals surface area contributed by atoms with E-state index >= 15 is 0 Å². The van der Waals surface area contributed by atoms with Crippen LogP contribution in [-0.4, -0.2) is 26.6 Å². The molecule has 0 bridgehead atoms. The van der Waals surface area contributed by atoms with Gasteiger partial charge in [0.2, 0.25) is 5.95 Å². The lowest BCUT2D eigenvalue weighted by molar-refractivity contribution is 0.805. The van der Waals surface area contributed by atoms with Gasteiger partial charge in [0.15, 0.2) is 0 Å². The van der Waals surface area contributed by atoms with Crippen molar-refractivity contribution in [3.63, 3.8) is 0 Å². The van der Waals surface area contributed by atoms with Crippen molar-refractivity contribution in [1.29, 1.82) is 0 Å². The predicted octanol–water partition coefficient (Wildman–Crippen LogP) is 1.15. The third kappa shape index (κ3) is 2.03. The van der Waals surface area contributed by atoms with Gasteiger partial charge in [-0.3, -0.25) is 0 Å². The number of aromatic nitrogens is 4. The fraction of sp³-hybridized carbons (Fsp3) is 0.364. The molecule has 0 saturated carbocycles. The molecule has 0 aromatic carbocycles. The first-order valence-electron chi connectivity index (χ1n) is 5.17. The Balaban J connectivity index is 2.30. The Hall–Kier alpha value is -1.91. The van der Waals surface area contributed by atoms with Gasteiger partial charge in [-0.25, -0.2) is 15.0 Å². The fourth-order valence-electron chi connectivity index (χ4n) is 1.49. The molecule has 0 saturated heterocycles. The second-order valence-corrected chi connectivity index (χ2v) is 3.70. The number of nitrogens with one attached hydrogen (secondary N) is 1. The van der Waals surface area contributed by atoms with Crippen molar-refractivity contribution in [2.75, 3.05) is 12.4 Å². The molecule has 0 aliphatic rings. The highest BCUT2D eigenvalue weighted by Gasteiger charge is 2.07. The van der Waals surface area contributed by atoms with E-state index < -0.39 is 0 Å². The van der Waals surface area contributed by atoms with E-state index in [9.17, 15) is 0 Å². The molecule has 84 valence electrons. The van der Waals surface area contributed by atoms with Gasteiger partial charge in [0, 0.05) is 39.1 Å². The summed E-state index contributed by atoms with van der Waals surface area (Å²) in [6, 6.07) is 0. The van der Waals surface area contributed by atoms with Gasteiger partial charge in [-0.15, -0.1) is 0 Å². The topological polar surface area (TPSA) is 55.6 Å². The quantitative estimate of drug-likeness (QED) is 0.838. The summed E-state index contributed by atoms with van der Waals surface area (Å²) in [6.07, 6.45) is 6.29. The first-order valence-corrected chi connectivity index (χ1v) is 5.17. The average molecular weight is 217 g/mol. The zero-order chi connectivity index (χ0) is 11.5. The number of imidazole rings is 1. The average Bonchev–Trinajstić information content (AvgIpc) is 2.68. The molecule has 16 heavy (non-hydrogen) atoms. The van der Waals surface area contributed by atoms with E-state index in [1.165, 1.54) is 0 Å². The minimum Gasteiger partial charge on any atom is -0.357 e. The molecular formula is C11H15N5. The highest BCUT2D eigenvalue weighted by Crippen LogP contribution is 2.11. The second kappa shape index (κ2) is 4.30. The molecule has 2 rings (SSSR count). The monoisotopic (exact) mass is 217 g/mol. The summed E-state index contributed by atoms with van der Waals surface area (Å²) in [7, 11) is 3.80. The Morgan fingerprint density at radius 1 is 1.38 bits per heavy atom. The molecule has 1 N–H and O–H groups in total. The maximum Gasteiger partial charge on any atom is 0.222 e. The summed E-state index contributed by atoms with van der Waals surface area (Å²) in [5, 5.41) is 2.94. The Labute approximate surface area is 94.6 Å². The molecule has 2 aromatic heterocycles. The number of hydrogen-bond donors (Lipinski definition) is 1. The number of anilines is 1. The van der Waals surface area contributed by atoms with E-state index in [1.54, 1.807) is 6.20 Å². The standard InChI is InChI=1S/C11H15N5/c1-8-7-14-11(12-2)15-9(8)6-10-13-4-5-16(10)3/h4-5,7H,6H2,1-3H3,(H,12,14,15). The molecule has 5 heteroatoms. The van der Waals surface area contributed by atoms with E-state index in [0.29, 0.717) is 5.95 Å². The van der Waals surface area contributed by atoms with Crippen LogP contribution in [-0.2, 0) is 13.5 Å². The lowest BCUT2D eigenvalue weighted by Gasteiger charge is -2.06. The molecule has 0 amide bonds. The zero-order valence-corrected chi connectivity index (χ0v) is 9.73. The molecule has 0 aliphatic carbocycles. The first-order chi connectivity index (χ1) is 7.70. The van der Waals surface area contributed by atoms with Gasteiger partial charge in [-0.05, 0) is 12.5 Å². The summed E-state index contributed by atoms with van der Waals surface area (Å²) < 4.78 is 2.00. The third-order valence-corrected chi connectivity index (χ3v) is 2.55. The molecule has 2 aromatic rings. The Kier molecular flexibility index (Phi) is 2.85. The van der Waals surface area contributed by atoms with Crippen LogP contribution in [0.3, 0.4) is 0 Å². The number of aryl methyl sites for hydroxylation is 2. The highest BCUT2D eigenvalue weighted by atomic mass is 15.1. The Bertz CT molecular complexity index is 489. The van der Waals surface area contributed by atoms with Crippen molar-refractivity contribution in [1.82, 2.24) is 19.5 Å². The van der Waals surface area contributed by atoms with Crippen LogP contribution in [0.15, 0.2) is 18.6 Å². The molecule has 0 unspecified atom stereocenters. The maximum atomic E-state index is 4.43. The lowest BCUT2D eigenvalue weighted by atomic mass is 10.2. The molecule has 0 spiro atoms. The van der Waals surface area contributed by atoms with E-state index in [1.807, 2.05) is 38.0 Å². The fourth-order valence-corrected chi connectivity index (χ4v) is 1.49. The van der Waals surface area contributed by atoms with E-state index in [2.05, 4.69) is 20.3 Å². The number of hydrogen-bond acceptors (Lipinski definition) is 4. The van der Waals surface area contributed by atoms with Crippen LogP contribution in [0, 0.1) is 6.92 Å². The summed E-state index contributed by atoms with van der Waals surface area (Å²) in [6.45, 7) is 2.01. The molecule has 0 aliphatic heterocycles. The van der Waals surface area contributed by atoms with Crippen molar-refractivity contribution < 1.29 is 0 Å². The van der Waals surface area contributed by atoms with Crippen molar-refractivity contribution >= 4 is 5.95 Å². The van der Waals surface area contributed by atoms with Gasteiger partial charge in [0.05, 0.1) is 5.69 Å². The van der Waals surface area contributed by atoms with E-state index in [-0.39, 0.29) is 0 Å². The maximum absolute atomic E-state index is 4.43. The van der Waals surface area contributed by atoms with Crippen molar-refractivity contribution in [3.05, 3.63) is 35.7 Å². The molecular weight excluding hydrogens is 202 g/mol. The minimum atomic E-state index is 0.648. The van der Waals surface area contributed by atoms with Gasteiger partial charge in [0.1, 0.15) is 5.82 Å². The Morgan fingerprint density at radius 2 is 2.19 bits per heavy atom. The van der Waals surface area contributed by atoms with Crippen LogP contribution in [0.2, 0.25) is 0 Å². The molecule has 0 radical (unpaired) electrons. The van der Waals surface area contributed by atoms with E-state index in [4.69, 9.17) is 0 Å².